The SMILES string of the molecule is CCN/C(C/C(C=O)=C/c1ccc(N(CC)CC)cc1)=N/CCc1ccc(OC)cc1. The highest BCUT2D eigenvalue weighted by Crippen LogP contribution is 2.17. The van der Waals surface area contributed by atoms with E-state index in [4.69, 9.17) is 9.73 Å². The molecule has 0 heterocycles. The highest BCUT2D eigenvalue weighted by Gasteiger charge is 2.05. The summed E-state index contributed by atoms with van der Waals surface area (Å²) < 4.78 is 5.20. The van der Waals surface area contributed by atoms with E-state index in [1.807, 2.05) is 25.1 Å². The Kier molecular flexibility index (Phi) is 10.4. The van der Waals surface area contributed by atoms with Crippen LogP contribution in [-0.4, -0.2) is 45.4 Å². The Morgan fingerprint density at radius 1 is 1.03 bits per heavy atom. The van der Waals surface area contributed by atoms with Crippen molar-refractivity contribution in [2.75, 3.05) is 38.2 Å². The molecular weight excluding hydrogens is 386 g/mol. The number of benzene rings is 2. The van der Waals surface area contributed by atoms with Gasteiger partial charge in [-0.2, -0.15) is 0 Å². The molecule has 0 spiro atoms. The van der Waals surface area contributed by atoms with Crippen LogP contribution in [0.3, 0.4) is 0 Å². The van der Waals surface area contributed by atoms with Crippen LogP contribution in [0.1, 0.15) is 38.3 Å². The van der Waals surface area contributed by atoms with Gasteiger partial charge in [0.25, 0.3) is 0 Å². The predicted octanol–water partition coefficient (Wildman–Crippen LogP) is 4.76. The zero-order valence-corrected chi connectivity index (χ0v) is 19.2. The summed E-state index contributed by atoms with van der Waals surface area (Å²) in [7, 11) is 1.67. The first-order valence-electron chi connectivity index (χ1n) is 11.0. The molecule has 0 saturated heterocycles. The van der Waals surface area contributed by atoms with Gasteiger partial charge >= 0.3 is 0 Å². The molecule has 0 unspecified atom stereocenters. The topological polar surface area (TPSA) is 53.9 Å². The molecule has 0 aliphatic heterocycles. The van der Waals surface area contributed by atoms with Crippen LogP contribution in [0.15, 0.2) is 59.1 Å². The Hall–Kier alpha value is -3.08. The second-order valence-electron chi connectivity index (χ2n) is 7.23. The van der Waals surface area contributed by atoms with E-state index in [2.05, 4.69) is 60.5 Å². The fraction of sp³-hybridized carbons (Fsp3) is 0.385. The number of hydrogen-bond acceptors (Lipinski definition) is 4. The van der Waals surface area contributed by atoms with Crippen molar-refractivity contribution in [2.45, 2.75) is 33.6 Å². The third-order valence-corrected chi connectivity index (χ3v) is 5.14. The fourth-order valence-corrected chi connectivity index (χ4v) is 3.39. The average molecular weight is 422 g/mol. The fourth-order valence-electron chi connectivity index (χ4n) is 3.39. The number of carbonyl (C=O) groups is 1. The Morgan fingerprint density at radius 2 is 1.71 bits per heavy atom. The molecule has 0 radical (unpaired) electrons. The van der Waals surface area contributed by atoms with Crippen molar-refractivity contribution < 1.29 is 9.53 Å². The lowest BCUT2D eigenvalue weighted by Crippen LogP contribution is -2.24. The minimum absolute atomic E-state index is 0.498. The largest absolute Gasteiger partial charge is 0.497 e. The second kappa shape index (κ2) is 13.3. The van der Waals surface area contributed by atoms with Gasteiger partial charge in [-0.1, -0.05) is 24.3 Å². The van der Waals surface area contributed by atoms with Crippen molar-refractivity contribution in [3.63, 3.8) is 0 Å². The van der Waals surface area contributed by atoms with Gasteiger partial charge in [-0.15, -0.1) is 0 Å². The van der Waals surface area contributed by atoms with E-state index in [0.29, 0.717) is 18.5 Å². The number of ether oxygens (including phenoxy) is 1. The Bertz CT molecular complexity index is 851. The van der Waals surface area contributed by atoms with E-state index in [9.17, 15) is 4.79 Å². The van der Waals surface area contributed by atoms with Crippen molar-refractivity contribution in [1.29, 1.82) is 0 Å². The number of nitrogens with one attached hydrogen (secondary N) is 1. The molecule has 2 aromatic rings. The standard InChI is InChI=1S/C26H35N3O2/c1-5-27-26(28-17-16-21-10-14-25(31-4)15-11-21)19-23(20-30)18-22-8-12-24(13-9-22)29(6-2)7-3/h8-15,18,20H,5-7,16-17,19H2,1-4H3,(H,27,28)/b23-18-. The lowest BCUT2D eigenvalue weighted by Gasteiger charge is -2.20. The minimum Gasteiger partial charge on any atom is -0.497 e. The van der Waals surface area contributed by atoms with Gasteiger partial charge in [0.2, 0.25) is 0 Å². The zero-order chi connectivity index (χ0) is 22.5. The van der Waals surface area contributed by atoms with Crippen molar-refractivity contribution in [1.82, 2.24) is 5.32 Å². The molecule has 166 valence electrons. The first kappa shape index (κ1) is 24.2. The van der Waals surface area contributed by atoms with Crippen molar-refractivity contribution in [3.05, 3.63) is 65.2 Å². The quantitative estimate of drug-likeness (QED) is 0.232. The van der Waals surface area contributed by atoms with Gasteiger partial charge in [0.05, 0.1) is 7.11 Å². The maximum atomic E-state index is 11.7. The van der Waals surface area contributed by atoms with Crippen LogP contribution >= 0.6 is 0 Å². The number of aliphatic imine (C=N–C) groups is 1. The van der Waals surface area contributed by atoms with Gasteiger partial charge in [0, 0.05) is 38.3 Å². The number of aldehydes is 1. The molecule has 2 aromatic carbocycles. The minimum atomic E-state index is 0.498. The first-order chi connectivity index (χ1) is 15.1. The maximum absolute atomic E-state index is 11.7. The first-order valence-corrected chi connectivity index (χ1v) is 11.0. The monoisotopic (exact) mass is 421 g/mol. The molecule has 0 atom stereocenters. The number of hydrogen-bond donors (Lipinski definition) is 1. The predicted molar refractivity (Wildman–Crippen MR) is 131 cm³/mol. The third-order valence-electron chi connectivity index (χ3n) is 5.14. The van der Waals surface area contributed by atoms with Crippen molar-refractivity contribution in [3.8, 4) is 5.75 Å². The van der Waals surface area contributed by atoms with E-state index >= 15 is 0 Å². The van der Waals surface area contributed by atoms with Crippen LogP contribution in [0.5, 0.6) is 5.75 Å². The van der Waals surface area contributed by atoms with Crippen LogP contribution in [-0.2, 0) is 11.2 Å². The molecule has 0 bridgehead atoms. The molecule has 0 fully saturated rings. The molecule has 31 heavy (non-hydrogen) atoms. The van der Waals surface area contributed by atoms with Crippen LogP contribution in [0, 0.1) is 0 Å². The van der Waals surface area contributed by atoms with E-state index in [1.54, 1.807) is 7.11 Å². The summed E-state index contributed by atoms with van der Waals surface area (Å²) in [5.41, 5.74) is 4.13. The number of carbonyl (C=O) groups excluding carboxylic acids is 1. The number of anilines is 1. The smallest absolute Gasteiger partial charge is 0.146 e. The summed E-state index contributed by atoms with van der Waals surface area (Å²) in [6.07, 6.45) is 4.20. The van der Waals surface area contributed by atoms with E-state index in [1.165, 1.54) is 11.3 Å². The summed E-state index contributed by atoms with van der Waals surface area (Å²) in [6, 6.07) is 16.4. The van der Waals surface area contributed by atoms with Crippen LogP contribution < -0.4 is 15.0 Å². The zero-order valence-electron chi connectivity index (χ0n) is 19.2. The molecule has 0 aliphatic rings. The summed E-state index contributed by atoms with van der Waals surface area (Å²) in [4.78, 5) is 18.7. The summed E-state index contributed by atoms with van der Waals surface area (Å²) in [5, 5.41) is 3.30. The van der Waals surface area contributed by atoms with Gasteiger partial charge in [-0.05, 0) is 74.2 Å². The van der Waals surface area contributed by atoms with E-state index in [0.717, 1.165) is 49.5 Å². The summed E-state index contributed by atoms with van der Waals surface area (Å²) in [6.45, 7) is 9.73. The van der Waals surface area contributed by atoms with Crippen LogP contribution in [0.2, 0.25) is 0 Å². The lowest BCUT2D eigenvalue weighted by molar-refractivity contribution is -0.104. The Morgan fingerprint density at radius 3 is 2.26 bits per heavy atom. The van der Waals surface area contributed by atoms with Gasteiger partial charge < -0.3 is 15.0 Å². The van der Waals surface area contributed by atoms with E-state index in [-0.39, 0.29) is 0 Å². The number of nitrogens with zero attached hydrogens (tertiary/aromatic N) is 2. The molecule has 0 saturated carbocycles. The van der Waals surface area contributed by atoms with Crippen molar-refractivity contribution >= 4 is 23.9 Å². The molecule has 0 aromatic heterocycles. The van der Waals surface area contributed by atoms with E-state index < -0.39 is 0 Å². The molecule has 0 aliphatic carbocycles. The summed E-state index contributed by atoms with van der Waals surface area (Å²) in [5.74, 6) is 1.70. The molecule has 1 N–H and O–H groups in total. The number of rotatable bonds is 12. The average Bonchev–Trinajstić information content (AvgIpc) is 2.81. The van der Waals surface area contributed by atoms with Crippen LogP contribution in [0.25, 0.3) is 6.08 Å². The lowest BCUT2D eigenvalue weighted by atomic mass is 10.1. The Labute approximate surface area is 186 Å². The van der Waals surface area contributed by atoms with Gasteiger partial charge in [-0.3, -0.25) is 9.79 Å². The maximum Gasteiger partial charge on any atom is 0.146 e. The van der Waals surface area contributed by atoms with Gasteiger partial charge in [-0.25, -0.2) is 0 Å². The third kappa shape index (κ3) is 7.93. The molecule has 2 rings (SSSR count). The highest BCUT2D eigenvalue weighted by atomic mass is 16.5. The number of methoxy groups -OCH3 is 1. The number of amidine groups is 1. The van der Waals surface area contributed by atoms with Crippen LogP contribution in [0.4, 0.5) is 5.69 Å². The van der Waals surface area contributed by atoms with Crippen molar-refractivity contribution in [2.24, 2.45) is 4.99 Å². The Balaban J connectivity index is 2.04. The van der Waals surface area contributed by atoms with Gasteiger partial charge in [0.15, 0.2) is 0 Å². The molecule has 5 heteroatoms. The second-order valence-corrected chi connectivity index (χ2v) is 7.23. The highest BCUT2D eigenvalue weighted by molar-refractivity contribution is 5.94. The normalized spacial score (nSPS) is 11.9. The van der Waals surface area contributed by atoms with Gasteiger partial charge in [0.1, 0.15) is 17.9 Å². The molecule has 5 nitrogen and oxygen atoms in total. The molecular formula is C26H35N3O2. The summed E-state index contributed by atoms with van der Waals surface area (Å²) >= 11 is 0. The molecule has 0 amide bonds.